The summed E-state index contributed by atoms with van der Waals surface area (Å²) in [5.41, 5.74) is 0. The predicted molar refractivity (Wildman–Crippen MR) is 156 cm³/mol. The van der Waals surface area contributed by atoms with E-state index in [-0.39, 0.29) is 0 Å². The second-order valence-electron chi connectivity index (χ2n) is 9.34. The van der Waals surface area contributed by atoms with Crippen LogP contribution in [0.2, 0.25) is 0 Å². The lowest BCUT2D eigenvalue weighted by atomic mass is 10.6. The molecule has 13 nitrogen and oxygen atoms in total. The molecule has 0 atom stereocenters. The van der Waals surface area contributed by atoms with Crippen molar-refractivity contribution in [3.05, 3.63) is 0 Å². The quantitative estimate of drug-likeness (QED) is 0.0921. The van der Waals surface area contributed by atoms with Gasteiger partial charge in [0.25, 0.3) is 0 Å². The molecule has 0 aliphatic heterocycles. The van der Waals surface area contributed by atoms with E-state index in [0.29, 0.717) is 132 Å². The molecule has 0 saturated carbocycles. The second-order valence-corrected chi connectivity index (χ2v) is 9.34. The van der Waals surface area contributed by atoms with Gasteiger partial charge in [0.2, 0.25) is 0 Å². The average molecular weight is 601 g/mol. The molecule has 0 aromatic rings. The largest absolute Gasteiger partial charge is 0.378 e. The van der Waals surface area contributed by atoms with Gasteiger partial charge in [-0.25, -0.2) is 0 Å². The third kappa shape index (κ3) is 39.5. The van der Waals surface area contributed by atoms with Crippen molar-refractivity contribution >= 4 is 0 Å². The molecule has 0 saturated heterocycles. The molecule has 248 valence electrons. The van der Waals surface area contributed by atoms with Crippen molar-refractivity contribution in [3.63, 3.8) is 0 Å². The molecule has 0 bridgehead atoms. The van der Waals surface area contributed by atoms with E-state index in [1.807, 2.05) is 28.2 Å². The van der Waals surface area contributed by atoms with Gasteiger partial charge in [0.15, 0.2) is 0 Å². The van der Waals surface area contributed by atoms with Crippen molar-refractivity contribution < 1.29 is 52.1 Å². The molecule has 0 amide bonds. The zero-order valence-electron chi connectivity index (χ0n) is 26.4. The van der Waals surface area contributed by atoms with Gasteiger partial charge in [-0.3, -0.25) is 0 Å². The molecule has 41 heavy (non-hydrogen) atoms. The van der Waals surface area contributed by atoms with E-state index in [4.69, 9.17) is 52.1 Å². The molecule has 0 rings (SSSR count). The van der Waals surface area contributed by atoms with E-state index < -0.39 is 0 Å². The molecule has 0 aromatic carbocycles. The summed E-state index contributed by atoms with van der Waals surface area (Å²) in [5.74, 6) is 0. The number of hydrogen-bond acceptors (Lipinski definition) is 13. The number of likely N-dealkylation sites (N-methyl/N-ethyl adjacent to an activating group) is 2. The van der Waals surface area contributed by atoms with Gasteiger partial charge >= 0.3 is 0 Å². The van der Waals surface area contributed by atoms with Crippen molar-refractivity contribution in [1.82, 2.24) is 9.80 Å². The maximum Gasteiger partial charge on any atom is 0.0701 e. The fourth-order valence-corrected chi connectivity index (χ4v) is 2.80. The SMILES string of the molecule is CN(C)CCOCCOCCOCCOCCOCCOCCOCCOCCOCCOCCOCCN(C)C. The van der Waals surface area contributed by atoms with Gasteiger partial charge in [-0.1, -0.05) is 0 Å². The standard InChI is InChI=1S/C28H60N2O11/c1-29(2)5-7-31-9-11-33-13-15-35-17-19-37-21-23-39-25-27-41-28-26-40-24-22-38-20-18-36-16-14-34-12-10-32-8-6-30(3)4/h5-28H2,1-4H3. The van der Waals surface area contributed by atoms with Crippen LogP contribution in [0.5, 0.6) is 0 Å². The van der Waals surface area contributed by atoms with Crippen LogP contribution < -0.4 is 0 Å². The Labute approximate surface area is 248 Å². The summed E-state index contributed by atoms with van der Waals surface area (Å²) in [5, 5.41) is 0. The summed E-state index contributed by atoms with van der Waals surface area (Å²) in [6, 6.07) is 0. The Morgan fingerprint density at radius 1 is 0.220 bits per heavy atom. The van der Waals surface area contributed by atoms with Crippen LogP contribution in [0.15, 0.2) is 0 Å². The first-order valence-electron chi connectivity index (χ1n) is 14.8. The Hall–Kier alpha value is -0.520. The van der Waals surface area contributed by atoms with Crippen molar-refractivity contribution in [3.8, 4) is 0 Å². The van der Waals surface area contributed by atoms with E-state index in [9.17, 15) is 0 Å². The smallest absolute Gasteiger partial charge is 0.0701 e. The summed E-state index contributed by atoms with van der Waals surface area (Å²) < 4.78 is 60.1. The Balaban J connectivity index is 3.03. The van der Waals surface area contributed by atoms with Crippen LogP contribution in [-0.2, 0) is 52.1 Å². The fourth-order valence-electron chi connectivity index (χ4n) is 2.80. The van der Waals surface area contributed by atoms with Crippen LogP contribution in [-0.4, -0.2) is 196 Å². The number of hydrogen-bond donors (Lipinski definition) is 0. The van der Waals surface area contributed by atoms with Crippen molar-refractivity contribution in [2.45, 2.75) is 0 Å². The molecular formula is C28H60N2O11. The van der Waals surface area contributed by atoms with Gasteiger partial charge in [-0.15, -0.1) is 0 Å². The van der Waals surface area contributed by atoms with Gasteiger partial charge in [0.1, 0.15) is 0 Å². The monoisotopic (exact) mass is 600 g/mol. The Morgan fingerprint density at radius 3 is 0.463 bits per heavy atom. The molecule has 0 aliphatic carbocycles. The first-order valence-corrected chi connectivity index (χ1v) is 14.8. The maximum absolute atomic E-state index is 5.48. The van der Waals surface area contributed by atoms with Gasteiger partial charge in [0.05, 0.1) is 145 Å². The second kappa shape index (κ2) is 35.7. The zero-order valence-corrected chi connectivity index (χ0v) is 26.4. The summed E-state index contributed by atoms with van der Waals surface area (Å²) >= 11 is 0. The van der Waals surface area contributed by atoms with Crippen LogP contribution >= 0.6 is 0 Å². The minimum atomic E-state index is 0.522. The van der Waals surface area contributed by atoms with E-state index in [1.165, 1.54) is 0 Å². The van der Waals surface area contributed by atoms with Gasteiger partial charge in [-0.05, 0) is 28.2 Å². The fraction of sp³-hybridized carbons (Fsp3) is 1.00. The Morgan fingerprint density at radius 2 is 0.341 bits per heavy atom. The van der Waals surface area contributed by atoms with E-state index in [2.05, 4.69) is 9.80 Å². The number of nitrogens with zero attached hydrogens (tertiary/aromatic N) is 2. The van der Waals surface area contributed by atoms with E-state index in [1.54, 1.807) is 0 Å². The number of ether oxygens (including phenoxy) is 11. The highest BCUT2D eigenvalue weighted by atomic mass is 16.6. The van der Waals surface area contributed by atoms with Gasteiger partial charge in [-0.2, -0.15) is 0 Å². The van der Waals surface area contributed by atoms with Crippen molar-refractivity contribution in [2.75, 3.05) is 187 Å². The van der Waals surface area contributed by atoms with Crippen LogP contribution in [0.1, 0.15) is 0 Å². The highest BCUT2D eigenvalue weighted by molar-refractivity contribution is 4.42. The Bertz CT molecular complexity index is 440. The lowest BCUT2D eigenvalue weighted by Gasteiger charge is -2.10. The van der Waals surface area contributed by atoms with Gasteiger partial charge in [0, 0.05) is 13.1 Å². The molecule has 0 unspecified atom stereocenters. The predicted octanol–water partition coefficient (Wildman–Crippen LogP) is 0.292. The lowest BCUT2D eigenvalue weighted by molar-refractivity contribution is -0.0276. The third-order valence-electron chi connectivity index (χ3n) is 5.09. The molecular weight excluding hydrogens is 540 g/mol. The van der Waals surface area contributed by atoms with Crippen LogP contribution in [0.3, 0.4) is 0 Å². The topological polar surface area (TPSA) is 108 Å². The summed E-state index contributed by atoms with van der Waals surface area (Å²) in [7, 11) is 8.09. The maximum atomic E-state index is 5.48. The minimum Gasteiger partial charge on any atom is -0.378 e. The molecule has 0 N–H and O–H groups in total. The molecule has 13 heteroatoms. The van der Waals surface area contributed by atoms with Crippen molar-refractivity contribution in [2.24, 2.45) is 0 Å². The van der Waals surface area contributed by atoms with Crippen LogP contribution in [0.4, 0.5) is 0 Å². The molecule has 0 radical (unpaired) electrons. The van der Waals surface area contributed by atoms with Crippen LogP contribution in [0.25, 0.3) is 0 Å². The molecule has 0 aromatic heterocycles. The van der Waals surface area contributed by atoms with E-state index in [0.717, 1.165) is 26.3 Å². The van der Waals surface area contributed by atoms with Gasteiger partial charge < -0.3 is 61.9 Å². The van der Waals surface area contributed by atoms with E-state index >= 15 is 0 Å². The molecule has 0 spiro atoms. The highest BCUT2D eigenvalue weighted by Crippen LogP contribution is 1.87. The van der Waals surface area contributed by atoms with Crippen LogP contribution in [0, 0.1) is 0 Å². The number of rotatable bonds is 36. The molecule has 0 fully saturated rings. The minimum absolute atomic E-state index is 0.522. The first-order chi connectivity index (χ1) is 20.1. The Kier molecular flexibility index (Phi) is 35.2. The average Bonchev–Trinajstić information content (AvgIpc) is 2.94. The molecule has 0 aliphatic rings. The van der Waals surface area contributed by atoms with Crippen molar-refractivity contribution in [1.29, 1.82) is 0 Å². The third-order valence-corrected chi connectivity index (χ3v) is 5.09. The zero-order chi connectivity index (χ0) is 29.9. The molecule has 0 heterocycles. The lowest BCUT2D eigenvalue weighted by Crippen LogP contribution is -2.19. The normalized spacial score (nSPS) is 11.9. The summed E-state index contributed by atoms with van der Waals surface area (Å²) in [4.78, 5) is 4.17. The first kappa shape index (κ1) is 40.5. The summed E-state index contributed by atoms with van der Waals surface area (Å²) in [6.07, 6.45) is 0. The summed E-state index contributed by atoms with van der Waals surface area (Å²) in [6.45, 7) is 14.2. The highest BCUT2D eigenvalue weighted by Gasteiger charge is 1.97.